The van der Waals surface area contributed by atoms with E-state index in [1.54, 1.807) is 4.68 Å². The molecular weight excluding hydrogens is 302 g/mol. The normalized spacial score (nSPS) is 12.4. The number of Topliss-reactive ketones (excluding diaryl/α,β-unsaturated/α-hetero) is 2. The minimum Gasteiger partial charge on any atom is -0.299 e. The van der Waals surface area contributed by atoms with Gasteiger partial charge in [0.05, 0.1) is 5.69 Å². The van der Waals surface area contributed by atoms with E-state index >= 15 is 0 Å². The first kappa shape index (κ1) is 20.5. The zero-order chi connectivity index (χ0) is 18.4. The van der Waals surface area contributed by atoms with Crippen molar-refractivity contribution in [2.45, 2.75) is 86.6 Å². The molecule has 0 aliphatic carbocycles. The summed E-state index contributed by atoms with van der Waals surface area (Å²) in [5.74, 6) is 0.574. The monoisotopic (exact) mass is 335 g/mol. The molecule has 0 fully saturated rings. The molecule has 24 heavy (non-hydrogen) atoms. The molecule has 1 aromatic heterocycles. The highest BCUT2D eigenvalue weighted by molar-refractivity contribution is 5.84. The van der Waals surface area contributed by atoms with Crippen LogP contribution in [0, 0.1) is 10.8 Å². The summed E-state index contributed by atoms with van der Waals surface area (Å²) in [6.45, 7) is 12.7. The quantitative estimate of drug-likeness (QED) is 0.613. The highest BCUT2D eigenvalue weighted by Gasteiger charge is 2.25. The molecule has 0 spiro atoms. The first-order valence-corrected chi connectivity index (χ1v) is 9.08. The molecule has 1 rings (SSSR count). The van der Waals surface area contributed by atoms with Crippen LogP contribution in [0.2, 0.25) is 0 Å². The average molecular weight is 335 g/mol. The van der Waals surface area contributed by atoms with E-state index in [9.17, 15) is 9.59 Å². The molecule has 0 unspecified atom stereocenters. The smallest absolute Gasteiger partial charge is 0.138 e. The molecule has 0 aromatic carbocycles. The second kappa shape index (κ2) is 8.54. The summed E-state index contributed by atoms with van der Waals surface area (Å²) >= 11 is 0. The fourth-order valence-electron chi connectivity index (χ4n) is 2.28. The van der Waals surface area contributed by atoms with Crippen molar-refractivity contribution in [3.63, 3.8) is 0 Å². The molecule has 0 aliphatic rings. The molecule has 0 amide bonds. The SMILES string of the molecule is CCC(C)(C)C(=O)CCCn1cc(CCC(=O)C(C)(C)CC)nn1. The number of hydrogen-bond donors (Lipinski definition) is 0. The highest BCUT2D eigenvalue weighted by atomic mass is 16.1. The largest absolute Gasteiger partial charge is 0.299 e. The molecule has 0 saturated carbocycles. The van der Waals surface area contributed by atoms with Crippen LogP contribution in [0.3, 0.4) is 0 Å². The van der Waals surface area contributed by atoms with Crippen LogP contribution in [0.4, 0.5) is 0 Å². The van der Waals surface area contributed by atoms with Crippen LogP contribution >= 0.6 is 0 Å². The standard InChI is InChI=1S/C19H33N3O2/c1-7-18(3,4)16(23)10-9-13-22-14-15(20-21-22)11-12-17(24)19(5,6)8-2/h14H,7-13H2,1-6H3. The zero-order valence-corrected chi connectivity index (χ0v) is 16.2. The third kappa shape index (κ3) is 5.84. The van der Waals surface area contributed by atoms with Gasteiger partial charge in [0.2, 0.25) is 0 Å². The molecule has 0 N–H and O–H groups in total. The second-order valence-electron chi connectivity index (χ2n) is 7.90. The van der Waals surface area contributed by atoms with Crippen molar-refractivity contribution in [2.24, 2.45) is 10.8 Å². The predicted octanol–water partition coefficient (Wildman–Crippen LogP) is 4.00. The maximum absolute atomic E-state index is 12.2. The topological polar surface area (TPSA) is 64.8 Å². The van der Waals surface area contributed by atoms with E-state index in [0.717, 1.165) is 25.0 Å². The van der Waals surface area contributed by atoms with Gasteiger partial charge < -0.3 is 0 Å². The van der Waals surface area contributed by atoms with Gasteiger partial charge >= 0.3 is 0 Å². The second-order valence-corrected chi connectivity index (χ2v) is 7.90. The molecule has 1 aromatic rings. The van der Waals surface area contributed by atoms with E-state index in [-0.39, 0.29) is 16.6 Å². The predicted molar refractivity (Wildman–Crippen MR) is 95.7 cm³/mol. The number of ketones is 2. The number of aryl methyl sites for hydroxylation is 2. The minimum atomic E-state index is -0.261. The van der Waals surface area contributed by atoms with E-state index in [1.165, 1.54) is 0 Å². The Labute approximate surface area is 146 Å². The summed E-state index contributed by atoms with van der Waals surface area (Å²) in [7, 11) is 0. The zero-order valence-electron chi connectivity index (χ0n) is 16.2. The molecule has 0 bridgehead atoms. The van der Waals surface area contributed by atoms with E-state index < -0.39 is 0 Å². The average Bonchev–Trinajstić information content (AvgIpc) is 3.00. The summed E-state index contributed by atoms with van der Waals surface area (Å²) in [4.78, 5) is 24.3. The van der Waals surface area contributed by atoms with E-state index in [2.05, 4.69) is 10.3 Å². The van der Waals surface area contributed by atoms with Gasteiger partial charge in [-0.25, -0.2) is 0 Å². The fourth-order valence-corrected chi connectivity index (χ4v) is 2.28. The van der Waals surface area contributed by atoms with Crippen molar-refractivity contribution < 1.29 is 9.59 Å². The van der Waals surface area contributed by atoms with Gasteiger partial charge in [-0.2, -0.15) is 0 Å². The van der Waals surface area contributed by atoms with Crippen LogP contribution in [-0.4, -0.2) is 26.6 Å². The van der Waals surface area contributed by atoms with Gasteiger partial charge in [0, 0.05) is 42.8 Å². The molecule has 5 nitrogen and oxygen atoms in total. The lowest BCUT2D eigenvalue weighted by Gasteiger charge is -2.20. The highest BCUT2D eigenvalue weighted by Crippen LogP contribution is 2.24. The Morgan fingerprint density at radius 3 is 2.08 bits per heavy atom. The summed E-state index contributed by atoms with van der Waals surface area (Å²) in [5.41, 5.74) is 0.345. The number of hydrogen-bond acceptors (Lipinski definition) is 4. The van der Waals surface area contributed by atoms with Crippen molar-refractivity contribution in [3.05, 3.63) is 11.9 Å². The number of carbonyl (C=O) groups excluding carboxylic acids is 2. The van der Waals surface area contributed by atoms with E-state index in [0.29, 0.717) is 31.6 Å². The lowest BCUT2D eigenvalue weighted by atomic mass is 9.83. The molecule has 0 radical (unpaired) electrons. The lowest BCUT2D eigenvalue weighted by molar-refractivity contribution is -0.128. The van der Waals surface area contributed by atoms with Crippen LogP contribution in [0.1, 0.15) is 79.3 Å². The van der Waals surface area contributed by atoms with Gasteiger partial charge in [-0.15, -0.1) is 5.10 Å². The van der Waals surface area contributed by atoms with E-state index in [1.807, 2.05) is 47.7 Å². The Morgan fingerprint density at radius 1 is 1.00 bits per heavy atom. The molecule has 5 heteroatoms. The molecule has 0 aliphatic heterocycles. The Morgan fingerprint density at radius 2 is 1.54 bits per heavy atom. The number of aromatic nitrogens is 3. The molecular formula is C19H33N3O2. The van der Waals surface area contributed by atoms with E-state index in [4.69, 9.17) is 0 Å². The Bertz CT molecular complexity index is 559. The molecule has 0 atom stereocenters. The van der Waals surface area contributed by atoms with Gasteiger partial charge in [-0.05, 0) is 19.3 Å². The minimum absolute atomic E-state index is 0.236. The van der Waals surface area contributed by atoms with Gasteiger partial charge in [0.25, 0.3) is 0 Å². The molecule has 136 valence electrons. The number of rotatable bonds is 11. The fraction of sp³-hybridized carbons (Fsp3) is 0.789. The summed E-state index contributed by atoms with van der Waals surface area (Å²) in [5, 5.41) is 8.23. The molecule has 1 heterocycles. The third-order valence-electron chi connectivity index (χ3n) is 5.26. The van der Waals surface area contributed by atoms with Gasteiger partial charge in [0.1, 0.15) is 11.6 Å². The Hall–Kier alpha value is -1.52. The van der Waals surface area contributed by atoms with Crippen molar-refractivity contribution in [1.29, 1.82) is 0 Å². The van der Waals surface area contributed by atoms with Crippen LogP contribution < -0.4 is 0 Å². The van der Waals surface area contributed by atoms with Crippen LogP contribution in [-0.2, 0) is 22.6 Å². The Balaban J connectivity index is 2.42. The summed E-state index contributed by atoms with van der Waals surface area (Å²) < 4.78 is 1.77. The number of carbonyl (C=O) groups is 2. The van der Waals surface area contributed by atoms with Gasteiger partial charge in [-0.3, -0.25) is 14.3 Å². The van der Waals surface area contributed by atoms with Crippen LogP contribution in [0.5, 0.6) is 0 Å². The summed E-state index contributed by atoms with van der Waals surface area (Å²) in [6, 6.07) is 0. The lowest BCUT2D eigenvalue weighted by Crippen LogP contribution is -2.23. The number of nitrogens with zero attached hydrogens (tertiary/aromatic N) is 3. The summed E-state index contributed by atoms with van der Waals surface area (Å²) in [6.07, 6.45) is 6.07. The van der Waals surface area contributed by atoms with Gasteiger partial charge in [0.15, 0.2) is 0 Å². The third-order valence-corrected chi connectivity index (χ3v) is 5.26. The first-order valence-electron chi connectivity index (χ1n) is 9.08. The maximum Gasteiger partial charge on any atom is 0.138 e. The van der Waals surface area contributed by atoms with Gasteiger partial charge in [-0.1, -0.05) is 46.8 Å². The maximum atomic E-state index is 12.2. The van der Waals surface area contributed by atoms with Crippen LogP contribution in [0.15, 0.2) is 6.20 Å². The molecule has 0 saturated heterocycles. The Kier molecular flexibility index (Phi) is 7.30. The van der Waals surface area contributed by atoms with Crippen molar-refractivity contribution in [1.82, 2.24) is 15.0 Å². The van der Waals surface area contributed by atoms with Crippen molar-refractivity contribution in [3.8, 4) is 0 Å². The first-order chi connectivity index (χ1) is 11.1. The van der Waals surface area contributed by atoms with Crippen molar-refractivity contribution in [2.75, 3.05) is 0 Å². The van der Waals surface area contributed by atoms with Crippen molar-refractivity contribution >= 4 is 11.6 Å². The van der Waals surface area contributed by atoms with Crippen LogP contribution in [0.25, 0.3) is 0 Å².